The number of rotatable bonds is 5. The van der Waals surface area contributed by atoms with Gasteiger partial charge in [-0.05, 0) is 42.9 Å². The highest BCUT2D eigenvalue weighted by Gasteiger charge is 2.25. The van der Waals surface area contributed by atoms with E-state index in [2.05, 4.69) is 10.7 Å². The summed E-state index contributed by atoms with van der Waals surface area (Å²) in [5.74, 6) is -0.393. The topological polar surface area (TPSA) is 61.4 Å². The largest absolute Gasteiger partial charge is 0.313 e. The standard InChI is InChI=1S/C21H25N3O2S/c1-24(2)23-20(26)19-16-11-7-4-8-12-17(16)27-21(19)22-18(25)14-13-15-9-5-3-6-10-15/h3,5-6,9-10,13-14H,4,7-8,11-12H2,1-2H3,(H,22,25)(H,23,26). The molecule has 0 unspecified atom stereocenters. The average Bonchev–Trinajstić information content (AvgIpc) is 2.81. The van der Waals surface area contributed by atoms with Gasteiger partial charge in [-0.1, -0.05) is 36.8 Å². The molecule has 1 aliphatic carbocycles. The van der Waals surface area contributed by atoms with Crippen LogP contribution < -0.4 is 10.7 Å². The van der Waals surface area contributed by atoms with Crippen LogP contribution in [-0.4, -0.2) is 30.9 Å². The van der Waals surface area contributed by atoms with Crippen molar-refractivity contribution in [2.45, 2.75) is 32.1 Å². The highest BCUT2D eigenvalue weighted by Crippen LogP contribution is 2.37. The van der Waals surface area contributed by atoms with E-state index in [9.17, 15) is 9.59 Å². The molecule has 1 heterocycles. The first-order valence-electron chi connectivity index (χ1n) is 9.21. The van der Waals surface area contributed by atoms with Gasteiger partial charge in [0.2, 0.25) is 5.91 Å². The Kier molecular flexibility index (Phi) is 6.42. The molecular weight excluding hydrogens is 358 g/mol. The minimum absolute atomic E-state index is 0.165. The van der Waals surface area contributed by atoms with E-state index < -0.39 is 0 Å². The maximum absolute atomic E-state index is 12.8. The lowest BCUT2D eigenvalue weighted by atomic mass is 10.1. The van der Waals surface area contributed by atoms with Crippen LogP contribution in [0.1, 0.15) is 45.6 Å². The first-order valence-corrected chi connectivity index (χ1v) is 10.0. The molecule has 3 rings (SSSR count). The smallest absolute Gasteiger partial charge is 0.268 e. The minimum Gasteiger partial charge on any atom is -0.313 e. The molecule has 0 atom stereocenters. The van der Waals surface area contributed by atoms with Crippen LogP contribution in [0.2, 0.25) is 0 Å². The van der Waals surface area contributed by atoms with Gasteiger partial charge >= 0.3 is 0 Å². The Balaban J connectivity index is 1.84. The van der Waals surface area contributed by atoms with Crippen LogP contribution in [0.25, 0.3) is 6.08 Å². The molecule has 0 saturated heterocycles. The van der Waals surface area contributed by atoms with Gasteiger partial charge in [0.05, 0.1) is 5.56 Å². The number of nitrogens with one attached hydrogen (secondary N) is 2. The van der Waals surface area contributed by atoms with Gasteiger partial charge in [0, 0.05) is 25.0 Å². The van der Waals surface area contributed by atoms with Crippen LogP contribution in [0.4, 0.5) is 5.00 Å². The normalized spacial score (nSPS) is 14.0. The maximum atomic E-state index is 12.8. The van der Waals surface area contributed by atoms with Crippen molar-refractivity contribution in [1.29, 1.82) is 0 Å². The van der Waals surface area contributed by atoms with Gasteiger partial charge in [0.25, 0.3) is 5.91 Å². The number of aryl methyl sites for hydroxylation is 1. The van der Waals surface area contributed by atoms with Crippen molar-refractivity contribution in [3.05, 3.63) is 58.0 Å². The van der Waals surface area contributed by atoms with Crippen molar-refractivity contribution in [3.8, 4) is 0 Å². The second-order valence-corrected chi connectivity index (χ2v) is 7.94. The van der Waals surface area contributed by atoms with E-state index >= 15 is 0 Å². The molecule has 0 spiro atoms. The average molecular weight is 384 g/mol. The fraction of sp³-hybridized carbons (Fsp3) is 0.333. The van der Waals surface area contributed by atoms with E-state index in [-0.39, 0.29) is 11.8 Å². The van der Waals surface area contributed by atoms with Crippen molar-refractivity contribution in [2.24, 2.45) is 0 Å². The summed E-state index contributed by atoms with van der Waals surface area (Å²) in [6, 6.07) is 9.67. The minimum atomic E-state index is -0.228. The predicted octanol–water partition coefficient (Wildman–Crippen LogP) is 3.88. The molecule has 0 fully saturated rings. The van der Waals surface area contributed by atoms with E-state index in [0.717, 1.165) is 36.8 Å². The summed E-state index contributed by atoms with van der Waals surface area (Å²) in [7, 11) is 3.56. The number of fused-ring (bicyclic) bond motifs is 1. The van der Waals surface area contributed by atoms with Gasteiger partial charge in [-0.25, -0.2) is 5.01 Å². The molecule has 0 bridgehead atoms. The SMILES string of the molecule is CN(C)NC(=O)c1c(NC(=O)C=Cc2ccccc2)sc2c1CCCCC2. The van der Waals surface area contributed by atoms with Crippen molar-refractivity contribution in [2.75, 3.05) is 19.4 Å². The summed E-state index contributed by atoms with van der Waals surface area (Å²) >= 11 is 1.54. The molecule has 27 heavy (non-hydrogen) atoms. The molecule has 142 valence electrons. The van der Waals surface area contributed by atoms with E-state index in [0.29, 0.717) is 10.6 Å². The van der Waals surface area contributed by atoms with Crippen molar-refractivity contribution < 1.29 is 9.59 Å². The third-order valence-corrected chi connectivity index (χ3v) is 5.64. The highest BCUT2D eigenvalue weighted by molar-refractivity contribution is 7.17. The van der Waals surface area contributed by atoms with Crippen LogP contribution in [0.15, 0.2) is 36.4 Å². The van der Waals surface area contributed by atoms with Crippen LogP contribution in [0, 0.1) is 0 Å². The van der Waals surface area contributed by atoms with Gasteiger partial charge in [-0.2, -0.15) is 0 Å². The molecule has 2 N–H and O–H groups in total. The van der Waals surface area contributed by atoms with Gasteiger partial charge in [0.1, 0.15) is 5.00 Å². The summed E-state index contributed by atoms with van der Waals surface area (Å²) < 4.78 is 0. The second kappa shape index (κ2) is 8.97. The number of anilines is 1. The van der Waals surface area contributed by atoms with Gasteiger partial charge in [-0.3, -0.25) is 15.0 Å². The number of thiophene rings is 1. The molecule has 5 nitrogen and oxygen atoms in total. The Morgan fingerprint density at radius 3 is 2.56 bits per heavy atom. The number of nitrogens with zero attached hydrogens (tertiary/aromatic N) is 1. The molecule has 0 saturated carbocycles. The quantitative estimate of drug-likeness (QED) is 0.468. The number of carbonyl (C=O) groups excluding carboxylic acids is 2. The fourth-order valence-electron chi connectivity index (χ4n) is 3.22. The monoisotopic (exact) mass is 383 g/mol. The van der Waals surface area contributed by atoms with Crippen molar-refractivity contribution >= 4 is 34.2 Å². The van der Waals surface area contributed by atoms with Crippen LogP contribution in [0.5, 0.6) is 0 Å². The Labute approximate surface area is 164 Å². The molecule has 0 aliphatic heterocycles. The number of hydrogen-bond donors (Lipinski definition) is 2. The third kappa shape index (κ3) is 5.05. The molecule has 6 heteroatoms. The molecular formula is C21H25N3O2S. The highest BCUT2D eigenvalue weighted by atomic mass is 32.1. The lowest BCUT2D eigenvalue weighted by Gasteiger charge is -2.14. The van der Waals surface area contributed by atoms with Crippen molar-refractivity contribution in [3.63, 3.8) is 0 Å². The zero-order chi connectivity index (χ0) is 19.2. The number of hydrazine groups is 1. The molecule has 2 amide bonds. The van der Waals surface area contributed by atoms with Crippen LogP contribution >= 0.6 is 11.3 Å². The third-order valence-electron chi connectivity index (χ3n) is 4.44. The van der Waals surface area contributed by atoms with Gasteiger partial charge < -0.3 is 5.32 Å². The Morgan fingerprint density at radius 2 is 1.81 bits per heavy atom. The van der Waals surface area contributed by atoms with E-state index in [1.165, 1.54) is 28.7 Å². The summed E-state index contributed by atoms with van der Waals surface area (Å²) in [4.78, 5) is 26.4. The van der Waals surface area contributed by atoms with Gasteiger partial charge in [0.15, 0.2) is 0 Å². The van der Waals surface area contributed by atoms with Gasteiger partial charge in [-0.15, -0.1) is 11.3 Å². The van der Waals surface area contributed by atoms with Crippen molar-refractivity contribution in [1.82, 2.24) is 10.4 Å². The first kappa shape index (κ1) is 19.3. The second-order valence-electron chi connectivity index (χ2n) is 6.84. The number of carbonyl (C=O) groups is 2. The van der Waals surface area contributed by atoms with E-state index in [1.54, 1.807) is 25.2 Å². The Bertz CT molecular complexity index is 841. The zero-order valence-corrected chi connectivity index (χ0v) is 16.6. The Morgan fingerprint density at radius 1 is 1.07 bits per heavy atom. The number of benzene rings is 1. The fourth-order valence-corrected chi connectivity index (χ4v) is 4.51. The predicted molar refractivity (Wildman–Crippen MR) is 111 cm³/mol. The first-order chi connectivity index (χ1) is 13.0. The molecule has 0 radical (unpaired) electrons. The lowest BCUT2D eigenvalue weighted by Crippen LogP contribution is -2.36. The van der Waals surface area contributed by atoms with E-state index in [1.807, 2.05) is 30.3 Å². The molecule has 2 aromatic rings. The maximum Gasteiger partial charge on any atom is 0.268 e. The molecule has 1 aromatic heterocycles. The summed E-state index contributed by atoms with van der Waals surface area (Å²) in [5.41, 5.74) is 5.49. The van der Waals surface area contributed by atoms with Crippen LogP contribution in [0.3, 0.4) is 0 Å². The number of hydrogen-bond acceptors (Lipinski definition) is 4. The molecule has 1 aromatic carbocycles. The molecule has 1 aliphatic rings. The van der Waals surface area contributed by atoms with Crippen LogP contribution in [-0.2, 0) is 17.6 Å². The van der Waals surface area contributed by atoms with E-state index in [4.69, 9.17) is 0 Å². The Hall–Kier alpha value is -2.44. The zero-order valence-electron chi connectivity index (χ0n) is 15.7. The summed E-state index contributed by atoms with van der Waals surface area (Å²) in [5, 5.41) is 5.20. The lowest BCUT2D eigenvalue weighted by molar-refractivity contribution is -0.111. The summed E-state index contributed by atoms with van der Waals surface area (Å²) in [6.07, 6.45) is 8.52. The number of amides is 2. The summed E-state index contributed by atoms with van der Waals surface area (Å²) in [6.45, 7) is 0.